The van der Waals surface area contributed by atoms with Gasteiger partial charge in [-0.25, -0.2) is 4.68 Å². The second-order valence-corrected chi connectivity index (χ2v) is 5.99. The molecule has 0 spiro atoms. The molecule has 1 amide bonds. The fraction of sp³-hybridized carbons (Fsp3) is 0.111. The number of aromatic nitrogens is 2. The van der Waals surface area contributed by atoms with E-state index in [-0.39, 0.29) is 5.91 Å². The van der Waals surface area contributed by atoms with E-state index in [4.69, 9.17) is 0 Å². The normalized spacial score (nSPS) is 11.0. The van der Waals surface area contributed by atoms with Gasteiger partial charge in [0.25, 0.3) is 0 Å². The topological polar surface area (TPSA) is 46.9 Å². The van der Waals surface area contributed by atoms with Gasteiger partial charge in [-0.2, -0.15) is 5.10 Å². The van der Waals surface area contributed by atoms with E-state index >= 15 is 0 Å². The van der Waals surface area contributed by atoms with Crippen molar-refractivity contribution in [1.29, 1.82) is 0 Å². The van der Waals surface area contributed by atoms with Gasteiger partial charge < -0.3 is 5.32 Å². The Balaban J connectivity index is 1.46. The molecule has 4 nitrogen and oxygen atoms in total. The van der Waals surface area contributed by atoms with Gasteiger partial charge in [-0.1, -0.05) is 18.2 Å². The summed E-state index contributed by atoms with van der Waals surface area (Å²) in [6.45, 7) is 0.620. The van der Waals surface area contributed by atoms with Gasteiger partial charge in [-0.05, 0) is 47.7 Å². The molecule has 116 valence electrons. The number of nitrogens with zero attached hydrogens (tertiary/aromatic N) is 2. The van der Waals surface area contributed by atoms with Crippen molar-refractivity contribution in [2.24, 2.45) is 0 Å². The monoisotopic (exact) mass is 323 g/mol. The van der Waals surface area contributed by atoms with Crippen molar-refractivity contribution < 1.29 is 4.79 Å². The van der Waals surface area contributed by atoms with Crippen molar-refractivity contribution in [3.05, 3.63) is 76.8 Å². The van der Waals surface area contributed by atoms with Crippen molar-refractivity contribution >= 4 is 23.3 Å². The molecule has 1 N–H and O–H groups in total. The Morgan fingerprint density at radius 3 is 2.78 bits per heavy atom. The van der Waals surface area contributed by atoms with Gasteiger partial charge in [0.1, 0.15) is 0 Å². The van der Waals surface area contributed by atoms with Crippen LogP contribution in [0, 0.1) is 0 Å². The van der Waals surface area contributed by atoms with Crippen LogP contribution in [0.1, 0.15) is 10.4 Å². The Hall–Kier alpha value is -2.66. The van der Waals surface area contributed by atoms with Crippen LogP contribution in [-0.4, -0.2) is 22.2 Å². The molecule has 0 aliphatic heterocycles. The predicted molar refractivity (Wildman–Crippen MR) is 93.6 cm³/mol. The maximum Gasteiger partial charge on any atom is 0.244 e. The number of nitrogens with one attached hydrogen (secondary N) is 1. The Morgan fingerprint density at radius 1 is 1.22 bits per heavy atom. The predicted octanol–water partition coefficient (Wildman–Crippen LogP) is 3.31. The van der Waals surface area contributed by atoms with Crippen LogP contribution in [-0.2, 0) is 11.2 Å². The zero-order valence-electron chi connectivity index (χ0n) is 12.6. The van der Waals surface area contributed by atoms with Crippen LogP contribution < -0.4 is 5.32 Å². The quantitative estimate of drug-likeness (QED) is 0.708. The number of thiophene rings is 1. The number of amides is 1. The molecule has 0 radical (unpaired) electrons. The molecule has 3 aromatic rings. The number of carbonyl (C=O) groups excluding carboxylic acids is 1. The zero-order valence-corrected chi connectivity index (χ0v) is 13.4. The summed E-state index contributed by atoms with van der Waals surface area (Å²) in [7, 11) is 0. The van der Waals surface area contributed by atoms with E-state index < -0.39 is 0 Å². The third-order valence-corrected chi connectivity index (χ3v) is 4.20. The molecule has 0 aliphatic carbocycles. The molecular formula is C18H17N3OS. The van der Waals surface area contributed by atoms with E-state index in [1.165, 1.54) is 5.56 Å². The van der Waals surface area contributed by atoms with E-state index in [2.05, 4.69) is 22.5 Å². The van der Waals surface area contributed by atoms with Crippen molar-refractivity contribution in [2.75, 3.05) is 6.54 Å². The minimum atomic E-state index is -0.0634. The number of benzene rings is 1. The molecule has 0 aliphatic rings. The van der Waals surface area contributed by atoms with E-state index in [0.29, 0.717) is 6.54 Å². The molecule has 2 aromatic heterocycles. The maximum atomic E-state index is 11.7. The highest BCUT2D eigenvalue weighted by atomic mass is 32.1. The molecule has 0 saturated carbocycles. The largest absolute Gasteiger partial charge is 0.352 e. The van der Waals surface area contributed by atoms with Gasteiger partial charge in [0.15, 0.2) is 0 Å². The molecule has 0 atom stereocenters. The smallest absolute Gasteiger partial charge is 0.244 e. The van der Waals surface area contributed by atoms with Crippen LogP contribution in [0.2, 0.25) is 0 Å². The van der Waals surface area contributed by atoms with Gasteiger partial charge in [-0.3, -0.25) is 4.79 Å². The highest BCUT2D eigenvalue weighted by Crippen LogP contribution is 2.10. The van der Waals surface area contributed by atoms with Crippen LogP contribution in [0.4, 0.5) is 0 Å². The average molecular weight is 323 g/mol. The third-order valence-electron chi connectivity index (χ3n) is 3.36. The minimum absolute atomic E-state index is 0.0634. The summed E-state index contributed by atoms with van der Waals surface area (Å²) < 4.78 is 1.82. The van der Waals surface area contributed by atoms with Crippen molar-refractivity contribution in [1.82, 2.24) is 15.1 Å². The molecule has 23 heavy (non-hydrogen) atoms. The third kappa shape index (κ3) is 4.40. The van der Waals surface area contributed by atoms with Crippen molar-refractivity contribution in [2.45, 2.75) is 6.42 Å². The lowest BCUT2D eigenvalue weighted by molar-refractivity contribution is -0.116. The number of carbonyl (C=O) groups is 1. The van der Waals surface area contributed by atoms with Gasteiger partial charge in [0.05, 0.1) is 5.69 Å². The van der Waals surface area contributed by atoms with E-state index in [1.807, 2.05) is 52.7 Å². The first-order chi connectivity index (χ1) is 11.3. The molecule has 0 bridgehead atoms. The Bertz CT molecular complexity index is 759. The summed E-state index contributed by atoms with van der Waals surface area (Å²) in [5.41, 5.74) is 2.21. The van der Waals surface area contributed by atoms with Crippen LogP contribution in [0.3, 0.4) is 0 Å². The summed E-state index contributed by atoms with van der Waals surface area (Å²) in [4.78, 5) is 12.8. The van der Waals surface area contributed by atoms with Gasteiger partial charge in [0, 0.05) is 29.9 Å². The molecule has 5 heteroatoms. The number of hydrogen-bond acceptors (Lipinski definition) is 3. The Labute approximate surface area is 139 Å². The molecule has 0 unspecified atom stereocenters. The standard InChI is InChI=1S/C18H17N3OS/c22-18(9-8-17-3-1-14-23-17)19-12-10-15-4-6-16(7-5-15)21-13-2-11-20-21/h1-9,11,13-14H,10,12H2,(H,19,22)/b9-8+. The lowest BCUT2D eigenvalue weighted by Crippen LogP contribution is -2.23. The molecule has 0 saturated heterocycles. The highest BCUT2D eigenvalue weighted by molar-refractivity contribution is 7.10. The zero-order chi connectivity index (χ0) is 15.9. The Morgan fingerprint density at radius 2 is 2.09 bits per heavy atom. The SMILES string of the molecule is O=C(/C=C/c1cccs1)NCCc1ccc(-n2cccn2)cc1. The Kier molecular flexibility index (Phi) is 5.01. The first-order valence-electron chi connectivity index (χ1n) is 7.40. The minimum Gasteiger partial charge on any atom is -0.352 e. The van der Waals surface area contributed by atoms with Gasteiger partial charge >= 0.3 is 0 Å². The molecule has 3 rings (SSSR count). The average Bonchev–Trinajstić information content (AvgIpc) is 3.27. The summed E-state index contributed by atoms with van der Waals surface area (Å²) in [5.74, 6) is -0.0634. The van der Waals surface area contributed by atoms with E-state index in [1.54, 1.807) is 23.6 Å². The van der Waals surface area contributed by atoms with E-state index in [0.717, 1.165) is 17.0 Å². The summed E-state index contributed by atoms with van der Waals surface area (Å²) in [6, 6.07) is 14.0. The molecule has 2 heterocycles. The van der Waals surface area contributed by atoms with Crippen LogP contribution >= 0.6 is 11.3 Å². The first kappa shape index (κ1) is 15.2. The van der Waals surface area contributed by atoms with E-state index in [9.17, 15) is 4.79 Å². The summed E-state index contributed by atoms with van der Waals surface area (Å²) in [5, 5.41) is 9.08. The molecule has 1 aromatic carbocycles. The first-order valence-corrected chi connectivity index (χ1v) is 8.27. The fourth-order valence-corrected chi connectivity index (χ4v) is 2.79. The number of hydrogen-bond donors (Lipinski definition) is 1. The summed E-state index contributed by atoms with van der Waals surface area (Å²) >= 11 is 1.61. The van der Waals surface area contributed by atoms with Crippen LogP contribution in [0.25, 0.3) is 11.8 Å². The van der Waals surface area contributed by atoms with Crippen molar-refractivity contribution in [3.63, 3.8) is 0 Å². The van der Waals surface area contributed by atoms with Gasteiger partial charge in [-0.15, -0.1) is 11.3 Å². The summed E-state index contributed by atoms with van der Waals surface area (Å²) in [6.07, 6.45) is 7.88. The van der Waals surface area contributed by atoms with Crippen LogP contribution in [0.5, 0.6) is 0 Å². The maximum absolute atomic E-state index is 11.7. The van der Waals surface area contributed by atoms with Gasteiger partial charge in [0.2, 0.25) is 5.91 Å². The fourth-order valence-electron chi connectivity index (χ4n) is 2.17. The lowest BCUT2D eigenvalue weighted by Gasteiger charge is -2.05. The number of rotatable bonds is 6. The molecular weight excluding hydrogens is 306 g/mol. The lowest BCUT2D eigenvalue weighted by atomic mass is 10.1. The van der Waals surface area contributed by atoms with Crippen molar-refractivity contribution in [3.8, 4) is 5.69 Å². The second-order valence-electron chi connectivity index (χ2n) is 5.01. The highest BCUT2D eigenvalue weighted by Gasteiger charge is 1.99. The molecule has 0 fully saturated rings. The second kappa shape index (κ2) is 7.56. The van der Waals surface area contributed by atoms with Crippen LogP contribution in [0.15, 0.2) is 66.3 Å².